The predicted octanol–water partition coefficient (Wildman–Crippen LogP) is 4.17. The third kappa shape index (κ3) is 5.79. The molecular weight excluding hydrogens is 317 g/mol. The number of hydrogen-bond acceptors (Lipinski definition) is 2. The first kappa shape index (κ1) is 14.9. The minimum atomic E-state index is -4.20. The maximum absolute atomic E-state index is 12.0. The maximum atomic E-state index is 12.0. The van der Waals surface area contributed by atoms with Crippen molar-refractivity contribution in [3.63, 3.8) is 0 Å². The van der Waals surface area contributed by atoms with Crippen molar-refractivity contribution in [1.29, 1.82) is 0 Å². The highest BCUT2D eigenvalue weighted by atomic mass is 79.9. The van der Waals surface area contributed by atoms with Crippen molar-refractivity contribution in [3.8, 4) is 0 Å². The van der Waals surface area contributed by atoms with E-state index in [1.54, 1.807) is 6.07 Å². The van der Waals surface area contributed by atoms with Gasteiger partial charge in [0.15, 0.2) is 0 Å². The summed E-state index contributed by atoms with van der Waals surface area (Å²) in [5.41, 5.74) is -3.35. The molecule has 0 aliphatic heterocycles. The molecule has 1 rings (SSSR count). The Morgan fingerprint density at radius 3 is 2.59 bits per heavy atom. The molecule has 1 nitrogen and oxygen atoms in total. The van der Waals surface area contributed by atoms with Crippen LogP contribution in [0, 0.1) is 0 Å². The summed E-state index contributed by atoms with van der Waals surface area (Å²) < 4.78 is 36.8. The first-order valence-corrected chi connectivity index (χ1v) is 6.77. The van der Waals surface area contributed by atoms with Crippen molar-refractivity contribution in [3.05, 3.63) is 34.3 Å². The normalized spacial score (nSPS) is 13.7. The van der Waals surface area contributed by atoms with Gasteiger partial charge < -0.3 is 5.11 Å². The summed E-state index contributed by atoms with van der Waals surface area (Å²) in [5, 5.41) is 9.19. The Labute approximate surface area is 111 Å². The number of halogens is 4. The fourth-order valence-electron chi connectivity index (χ4n) is 1.44. The summed E-state index contributed by atoms with van der Waals surface area (Å²) >= 11 is 3.25. The Morgan fingerprint density at radius 1 is 1.35 bits per heavy atom. The molecule has 0 aromatic heterocycles. The van der Waals surface area contributed by atoms with E-state index in [0.29, 0.717) is 6.42 Å². The quantitative estimate of drug-likeness (QED) is 0.875. The topological polar surface area (TPSA) is 20.2 Å². The second-order valence-electron chi connectivity index (χ2n) is 3.52. The third-order valence-corrected chi connectivity index (χ3v) is 3.53. The summed E-state index contributed by atoms with van der Waals surface area (Å²) in [6.45, 7) is -0.144. The molecule has 0 spiro atoms. The Morgan fingerprint density at radius 2 is 2.06 bits per heavy atom. The summed E-state index contributed by atoms with van der Waals surface area (Å²) in [6, 6.07) is 7.27. The monoisotopic (exact) mass is 328 g/mol. The van der Waals surface area contributed by atoms with Gasteiger partial charge in [0, 0.05) is 22.8 Å². The second kappa shape index (κ2) is 6.66. The lowest BCUT2D eigenvalue weighted by Crippen LogP contribution is -2.08. The number of hydrogen-bond donors (Lipinski definition) is 1. The van der Waals surface area contributed by atoms with Crippen LogP contribution in [-0.2, 0) is 0 Å². The van der Waals surface area contributed by atoms with Crippen LogP contribution >= 0.6 is 27.7 Å². The van der Waals surface area contributed by atoms with Gasteiger partial charge in [0.2, 0.25) is 0 Å². The van der Waals surface area contributed by atoms with Crippen LogP contribution in [0.25, 0.3) is 0 Å². The summed E-state index contributed by atoms with van der Waals surface area (Å²) in [5.74, 6) is -0.288. The van der Waals surface area contributed by atoms with Crippen LogP contribution in [0.15, 0.2) is 28.7 Å². The smallest absolute Gasteiger partial charge is 0.396 e. The fraction of sp³-hybridized carbons (Fsp3) is 0.455. The van der Waals surface area contributed by atoms with Gasteiger partial charge in [-0.1, -0.05) is 39.8 Å². The minimum Gasteiger partial charge on any atom is -0.396 e. The van der Waals surface area contributed by atoms with E-state index < -0.39 is 5.51 Å². The largest absolute Gasteiger partial charge is 0.441 e. The summed E-state index contributed by atoms with van der Waals surface area (Å²) in [6.07, 6.45) is 0.303. The summed E-state index contributed by atoms with van der Waals surface area (Å²) in [7, 11) is 0. The standard InChI is InChI=1S/C11H12BrF3OS/c12-10-3-1-2-8(6-10)9(7-16)4-5-17-11(13,14)15/h1-3,6,9,16H,4-5,7H2. The molecule has 0 fully saturated rings. The van der Waals surface area contributed by atoms with Gasteiger partial charge in [-0.15, -0.1) is 0 Å². The van der Waals surface area contributed by atoms with Gasteiger partial charge in [-0.2, -0.15) is 13.2 Å². The van der Waals surface area contributed by atoms with Crippen molar-refractivity contribution in [1.82, 2.24) is 0 Å². The highest BCUT2D eigenvalue weighted by molar-refractivity contribution is 9.10. The van der Waals surface area contributed by atoms with E-state index >= 15 is 0 Å². The molecule has 0 radical (unpaired) electrons. The average Bonchev–Trinajstić information content (AvgIpc) is 2.23. The molecule has 6 heteroatoms. The van der Waals surface area contributed by atoms with Crippen molar-refractivity contribution in [2.24, 2.45) is 0 Å². The van der Waals surface area contributed by atoms with Crippen molar-refractivity contribution in [2.45, 2.75) is 17.8 Å². The lowest BCUT2D eigenvalue weighted by Gasteiger charge is -2.15. The molecule has 1 unspecified atom stereocenters. The van der Waals surface area contributed by atoms with Crippen LogP contribution in [-0.4, -0.2) is 23.0 Å². The van der Waals surface area contributed by atoms with Crippen LogP contribution in [0.2, 0.25) is 0 Å². The first-order valence-electron chi connectivity index (χ1n) is 4.99. The molecule has 17 heavy (non-hydrogen) atoms. The molecule has 0 saturated heterocycles. The van der Waals surface area contributed by atoms with Gasteiger partial charge in [-0.25, -0.2) is 0 Å². The lowest BCUT2D eigenvalue weighted by atomic mass is 9.98. The van der Waals surface area contributed by atoms with Crippen LogP contribution in [0.3, 0.4) is 0 Å². The van der Waals surface area contributed by atoms with Crippen molar-refractivity contribution >= 4 is 27.7 Å². The first-order chi connectivity index (χ1) is 7.92. The van der Waals surface area contributed by atoms with Crippen LogP contribution in [0.1, 0.15) is 17.9 Å². The number of thioether (sulfide) groups is 1. The highest BCUT2D eigenvalue weighted by Crippen LogP contribution is 2.33. The average molecular weight is 329 g/mol. The van der Waals surface area contributed by atoms with E-state index in [1.807, 2.05) is 18.2 Å². The van der Waals surface area contributed by atoms with Gasteiger partial charge in [0.05, 0.1) is 0 Å². The Balaban J connectivity index is 2.54. The molecule has 0 aliphatic carbocycles. The molecule has 0 aliphatic rings. The Bertz CT molecular complexity index is 357. The third-order valence-electron chi connectivity index (χ3n) is 2.27. The molecular formula is C11H12BrF3OS. The van der Waals surface area contributed by atoms with Crippen LogP contribution in [0.4, 0.5) is 13.2 Å². The fourth-order valence-corrected chi connectivity index (χ4v) is 2.49. The Hall–Kier alpha value is -0.200. The maximum Gasteiger partial charge on any atom is 0.441 e. The number of rotatable bonds is 5. The second-order valence-corrected chi connectivity index (χ2v) is 5.59. The Kier molecular flexibility index (Phi) is 5.82. The van der Waals surface area contributed by atoms with Gasteiger partial charge in [0.25, 0.3) is 0 Å². The molecule has 1 aromatic rings. The van der Waals surface area contributed by atoms with Crippen LogP contribution < -0.4 is 0 Å². The number of aliphatic hydroxyl groups excluding tert-OH is 1. The number of benzene rings is 1. The van der Waals surface area contributed by atoms with Gasteiger partial charge in [-0.3, -0.25) is 0 Å². The van der Waals surface area contributed by atoms with E-state index in [0.717, 1.165) is 10.0 Å². The predicted molar refractivity (Wildman–Crippen MR) is 67.1 cm³/mol. The number of alkyl halides is 3. The van der Waals surface area contributed by atoms with E-state index in [4.69, 9.17) is 0 Å². The zero-order valence-electron chi connectivity index (χ0n) is 8.88. The van der Waals surface area contributed by atoms with Gasteiger partial charge in [-0.05, 0) is 24.1 Å². The zero-order valence-corrected chi connectivity index (χ0v) is 11.3. The molecule has 0 amide bonds. The SMILES string of the molecule is OCC(CCSC(F)(F)F)c1cccc(Br)c1. The molecule has 1 N–H and O–H groups in total. The zero-order chi connectivity index (χ0) is 12.9. The molecule has 1 aromatic carbocycles. The van der Waals surface area contributed by atoms with E-state index in [1.165, 1.54) is 0 Å². The van der Waals surface area contributed by atoms with E-state index in [-0.39, 0.29) is 30.0 Å². The molecule has 0 heterocycles. The van der Waals surface area contributed by atoms with E-state index in [9.17, 15) is 18.3 Å². The van der Waals surface area contributed by atoms with Gasteiger partial charge in [0.1, 0.15) is 0 Å². The molecule has 0 saturated carbocycles. The lowest BCUT2D eigenvalue weighted by molar-refractivity contribution is -0.0328. The highest BCUT2D eigenvalue weighted by Gasteiger charge is 2.28. The van der Waals surface area contributed by atoms with E-state index in [2.05, 4.69) is 15.9 Å². The number of aliphatic hydroxyl groups is 1. The van der Waals surface area contributed by atoms with Crippen LogP contribution in [0.5, 0.6) is 0 Å². The minimum absolute atomic E-state index is 0.0404. The van der Waals surface area contributed by atoms with Gasteiger partial charge >= 0.3 is 5.51 Å². The molecule has 1 atom stereocenters. The molecule has 96 valence electrons. The summed E-state index contributed by atoms with van der Waals surface area (Å²) in [4.78, 5) is 0. The molecule has 0 bridgehead atoms. The van der Waals surface area contributed by atoms with Crippen molar-refractivity contribution < 1.29 is 18.3 Å². The van der Waals surface area contributed by atoms with Crippen molar-refractivity contribution in [2.75, 3.05) is 12.4 Å².